The van der Waals surface area contributed by atoms with Crippen molar-refractivity contribution in [1.82, 2.24) is 0 Å². The molecule has 5 atom stereocenters. The Hall–Kier alpha value is -1.85. The number of ether oxygens (including phenoxy) is 2. The average molecular weight is 424 g/mol. The van der Waals surface area contributed by atoms with Crippen LogP contribution in [-0.2, 0) is 30.4 Å². The third-order valence-electron chi connectivity index (χ3n) is 4.62. The van der Waals surface area contributed by atoms with Crippen molar-refractivity contribution in [1.29, 1.82) is 0 Å². The van der Waals surface area contributed by atoms with Crippen LogP contribution in [0.3, 0.4) is 0 Å². The van der Waals surface area contributed by atoms with Gasteiger partial charge in [-0.1, -0.05) is 48.0 Å². The lowest BCUT2D eigenvalue weighted by atomic mass is 9.99. The van der Waals surface area contributed by atoms with Crippen molar-refractivity contribution >= 4 is 10.1 Å². The number of hydrogen-bond donors (Lipinski definition) is 3. The quantitative estimate of drug-likeness (QED) is 0.556. The molecule has 3 rings (SSSR count). The van der Waals surface area contributed by atoms with Crippen LogP contribution >= 0.6 is 0 Å². The van der Waals surface area contributed by atoms with Crippen molar-refractivity contribution in [3.05, 3.63) is 65.7 Å². The molecule has 0 aliphatic carbocycles. The fourth-order valence-corrected chi connectivity index (χ4v) is 3.79. The van der Waals surface area contributed by atoms with Gasteiger partial charge in [-0.05, 0) is 24.6 Å². The predicted molar refractivity (Wildman–Crippen MR) is 102 cm³/mol. The van der Waals surface area contributed by atoms with E-state index < -0.39 is 47.4 Å². The van der Waals surface area contributed by atoms with E-state index in [0.717, 1.165) is 11.1 Å². The molecular formula is C20H24O8S. The first-order valence-corrected chi connectivity index (χ1v) is 10.5. The molecule has 1 aliphatic heterocycles. The van der Waals surface area contributed by atoms with Crippen LogP contribution in [0.5, 0.6) is 0 Å². The Bertz CT molecular complexity index is 884. The highest BCUT2D eigenvalue weighted by atomic mass is 32.2. The summed E-state index contributed by atoms with van der Waals surface area (Å²) in [5.41, 5.74) is 1.71. The second-order valence-corrected chi connectivity index (χ2v) is 8.48. The highest BCUT2D eigenvalue weighted by molar-refractivity contribution is 7.86. The van der Waals surface area contributed by atoms with Crippen molar-refractivity contribution < 1.29 is 37.4 Å². The number of aryl methyl sites for hydroxylation is 1. The SMILES string of the molecule is Cc1ccc(S(=O)(=O)OC[C@H]2O[C@@H](OCc3ccccc3)[C@@H](O)[C@@H](O)[C@@H]2O)cc1. The van der Waals surface area contributed by atoms with Crippen molar-refractivity contribution in [3.8, 4) is 0 Å². The summed E-state index contributed by atoms with van der Waals surface area (Å²) in [6, 6.07) is 15.2. The fraction of sp³-hybridized carbons (Fsp3) is 0.400. The molecule has 29 heavy (non-hydrogen) atoms. The molecule has 0 aromatic heterocycles. The summed E-state index contributed by atoms with van der Waals surface area (Å²) in [6.45, 7) is 1.37. The Morgan fingerprint density at radius 2 is 1.59 bits per heavy atom. The second-order valence-electron chi connectivity index (χ2n) is 6.86. The zero-order chi connectivity index (χ0) is 21.0. The maximum atomic E-state index is 12.3. The number of aliphatic hydroxyl groups is 3. The van der Waals surface area contributed by atoms with Crippen molar-refractivity contribution in [3.63, 3.8) is 0 Å². The van der Waals surface area contributed by atoms with Gasteiger partial charge in [0.25, 0.3) is 10.1 Å². The van der Waals surface area contributed by atoms with Crippen LogP contribution in [0.25, 0.3) is 0 Å². The van der Waals surface area contributed by atoms with Gasteiger partial charge in [0.15, 0.2) is 6.29 Å². The van der Waals surface area contributed by atoms with Crippen LogP contribution < -0.4 is 0 Å². The van der Waals surface area contributed by atoms with E-state index in [9.17, 15) is 23.7 Å². The monoisotopic (exact) mass is 424 g/mol. The van der Waals surface area contributed by atoms with Gasteiger partial charge in [-0.2, -0.15) is 8.42 Å². The largest absolute Gasteiger partial charge is 0.387 e. The van der Waals surface area contributed by atoms with E-state index in [1.165, 1.54) is 12.1 Å². The van der Waals surface area contributed by atoms with Gasteiger partial charge in [-0.3, -0.25) is 4.18 Å². The molecule has 0 bridgehead atoms. The highest BCUT2D eigenvalue weighted by Crippen LogP contribution is 2.24. The first-order valence-electron chi connectivity index (χ1n) is 9.09. The fourth-order valence-electron chi connectivity index (χ4n) is 2.87. The Labute approximate surface area is 169 Å². The van der Waals surface area contributed by atoms with Crippen LogP contribution in [0.1, 0.15) is 11.1 Å². The first kappa shape index (κ1) is 21.8. The second kappa shape index (κ2) is 9.31. The van der Waals surface area contributed by atoms with E-state index in [2.05, 4.69) is 0 Å². The number of hydrogen-bond acceptors (Lipinski definition) is 8. The Kier molecular flexibility index (Phi) is 7.01. The Morgan fingerprint density at radius 3 is 2.24 bits per heavy atom. The minimum atomic E-state index is -4.08. The van der Waals surface area contributed by atoms with Crippen LogP contribution in [-0.4, -0.2) is 61.1 Å². The maximum Gasteiger partial charge on any atom is 0.297 e. The lowest BCUT2D eigenvalue weighted by Crippen LogP contribution is -2.59. The molecule has 0 radical (unpaired) electrons. The molecule has 2 aromatic rings. The molecule has 0 spiro atoms. The van der Waals surface area contributed by atoms with E-state index in [0.29, 0.717) is 0 Å². The van der Waals surface area contributed by atoms with Gasteiger partial charge in [-0.15, -0.1) is 0 Å². The van der Waals surface area contributed by atoms with Gasteiger partial charge in [0, 0.05) is 0 Å². The van der Waals surface area contributed by atoms with E-state index >= 15 is 0 Å². The smallest absolute Gasteiger partial charge is 0.297 e. The van der Waals surface area contributed by atoms with Gasteiger partial charge in [0.05, 0.1) is 18.1 Å². The molecule has 0 amide bonds. The summed E-state index contributed by atoms with van der Waals surface area (Å²) in [7, 11) is -4.08. The third kappa shape index (κ3) is 5.40. The molecule has 0 unspecified atom stereocenters. The third-order valence-corrected chi connectivity index (χ3v) is 5.92. The van der Waals surface area contributed by atoms with Crippen LogP contribution in [0.2, 0.25) is 0 Å². The zero-order valence-corrected chi connectivity index (χ0v) is 16.6. The predicted octanol–water partition coefficient (Wildman–Crippen LogP) is 0.725. The molecule has 1 heterocycles. The minimum Gasteiger partial charge on any atom is -0.387 e. The van der Waals surface area contributed by atoms with Crippen molar-refractivity contribution in [2.24, 2.45) is 0 Å². The van der Waals surface area contributed by atoms with Crippen molar-refractivity contribution in [2.75, 3.05) is 6.61 Å². The molecule has 158 valence electrons. The first-order chi connectivity index (χ1) is 13.8. The topological polar surface area (TPSA) is 123 Å². The van der Waals surface area contributed by atoms with Gasteiger partial charge < -0.3 is 24.8 Å². The zero-order valence-electron chi connectivity index (χ0n) is 15.8. The molecule has 1 saturated heterocycles. The molecule has 9 heteroatoms. The van der Waals surface area contributed by atoms with Crippen molar-refractivity contribution in [2.45, 2.75) is 49.1 Å². The minimum absolute atomic E-state index is 0.0362. The summed E-state index contributed by atoms with van der Waals surface area (Å²) in [6.07, 6.45) is -7.10. The normalized spacial score (nSPS) is 27.7. The summed E-state index contributed by atoms with van der Waals surface area (Å²) in [5.74, 6) is 0. The molecule has 3 N–H and O–H groups in total. The molecule has 0 saturated carbocycles. The highest BCUT2D eigenvalue weighted by Gasteiger charge is 2.44. The molecule has 1 aliphatic rings. The number of aliphatic hydroxyl groups excluding tert-OH is 3. The summed E-state index contributed by atoms with van der Waals surface area (Å²) >= 11 is 0. The summed E-state index contributed by atoms with van der Waals surface area (Å²) < 4.78 is 40.6. The van der Waals surface area contributed by atoms with Gasteiger partial charge in [0.1, 0.15) is 24.4 Å². The molecule has 1 fully saturated rings. The number of benzene rings is 2. The van der Waals surface area contributed by atoms with Crippen LogP contribution in [0.4, 0.5) is 0 Å². The van der Waals surface area contributed by atoms with Crippen LogP contribution in [0.15, 0.2) is 59.5 Å². The lowest BCUT2D eigenvalue weighted by molar-refractivity contribution is -0.302. The molecular weight excluding hydrogens is 400 g/mol. The van der Waals surface area contributed by atoms with Crippen LogP contribution in [0, 0.1) is 6.92 Å². The standard InChI is InChI=1S/C20H24O8S/c1-13-7-9-15(10-8-13)29(24,25)27-12-16-17(21)18(22)19(23)20(28-16)26-11-14-5-3-2-4-6-14/h2-10,16-23H,11-12H2,1H3/t16-,17-,18+,19+,20-/m1/s1. The van der Waals surface area contributed by atoms with Gasteiger partial charge >= 0.3 is 0 Å². The molecule has 8 nitrogen and oxygen atoms in total. The van der Waals surface area contributed by atoms with Gasteiger partial charge in [0.2, 0.25) is 0 Å². The van der Waals surface area contributed by atoms with Gasteiger partial charge in [-0.25, -0.2) is 0 Å². The Balaban J connectivity index is 1.63. The number of rotatable bonds is 7. The summed E-state index contributed by atoms with van der Waals surface area (Å²) in [5, 5.41) is 30.4. The van der Waals surface area contributed by atoms with E-state index in [1.807, 2.05) is 37.3 Å². The Morgan fingerprint density at radius 1 is 0.931 bits per heavy atom. The maximum absolute atomic E-state index is 12.3. The molecule has 2 aromatic carbocycles. The summed E-state index contributed by atoms with van der Waals surface area (Å²) in [4.78, 5) is -0.0362. The van der Waals surface area contributed by atoms with E-state index in [-0.39, 0.29) is 11.5 Å². The average Bonchev–Trinajstić information content (AvgIpc) is 2.72. The van der Waals surface area contributed by atoms with E-state index in [1.54, 1.807) is 12.1 Å². The van der Waals surface area contributed by atoms with E-state index in [4.69, 9.17) is 13.7 Å². The lowest BCUT2D eigenvalue weighted by Gasteiger charge is -2.40.